The summed E-state index contributed by atoms with van der Waals surface area (Å²) >= 11 is 11.2. The third-order valence-electron chi connectivity index (χ3n) is 2.92. The summed E-state index contributed by atoms with van der Waals surface area (Å²) in [6.07, 6.45) is 0. The summed E-state index contributed by atoms with van der Waals surface area (Å²) < 4.78 is 11.6. The fourth-order valence-corrected chi connectivity index (χ4v) is 3.66. The van der Waals surface area contributed by atoms with Crippen molar-refractivity contribution in [1.82, 2.24) is 0 Å². The third kappa shape index (κ3) is 3.78. The number of hydrogen-bond acceptors (Lipinski definition) is 4. The second kappa shape index (κ2) is 7.29. The largest absolute Gasteiger partial charge is 0.496 e. The second-order valence-corrected chi connectivity index (χ2v) is 6.49. The Labute approximate surface area is 141 Å². The molecule has 0 aliphatic heterocycles. The van der Waals surface area contributed by atoms with Gasteiger partial charge < -0.3 is 15.2 Å². The first-order chi connectivity index (χ1) is 10.1. The topological polar surface area (TPSA) is 44.5 Å². The standard InChI is InChI=1S/C15H15BrClNO2S/c1-19-13-7-10(16)14(20-2)6-9(13)8-21-15-11(17)4-3-5-12(15)18/h3-7H,8,18H2,1-2H3. The van der Waals surface area contributed by atoms with Crippen molar-refractivity contribution in [2.75, 3.05) is 20.0 Å². The zero-order chi connectivity index (χ0) is 15.4. The van der Waals surface area contributed by atoms with Crippen LogP contribution in [0.25, 0.3) is 0 Å². The number of nitrogen functional groups attached to an aromatic ring is 1. The molecule has 0 aromatic heterocycles. The number of benzene rings is 2. The van der Waals surface area contributed by atoms with Crippen molar-refractivity contribution in [1.29, 1.82) is 0 Å². The van der Waals surface area contributed by atoms with Crippen LogP contribution in [0.5, 0.6) is 11.5 Å². The fraction of sp³-hybridized carbons (Fsp3) is 0.200. The van der Waals surface area contributed by atoms with Gasteiger partial charge in [0, 0.05) is 21.9 Å². The number of halogens is 2. The van der Waals surface area contributed by atoms with E-state index in [-0.39, 0.29) is 0 Å². The molecule has 3 nitrogen and oxygen atoms in total. The molecular formula is C15H15BrClNO2S. The average Bonchev–Trinajstić information content (AvgIpc) is 2.47. The molecule has 2 aromatic carbocycles. The summed E-state index contributed by atoms with van der Waals surface area (Å²) in [5, 5.41) is 0.656. The molecule has 0 radical (unpaired) electrons. The van der Waals surface area contributed by atoms with Crippen LogP contribution in [-0.4, -0.2) is 14.2 Å². The zero-order valence-corrected chi connectivity index (χ0v) is 14.8. The molecule has 0 bridgehead atoms. The lowest BCUT2D eigenvalue weighted by Gasteiger charge is -2.13. The van der Waals surface area contributed by atoms with Gasteiger partial charge in [0.05, 0.1) is 23.7 Å². The van der Waals surface area contributed by atoms with Gasteiger partial charge in [0.25, 0.3) is 0 Å². The van der Waals surface area contributed by atoms with Crippen LogP contribution in [0.1, 0.15) is 5.56 Å². The SMILES string of the molecule is COc1cc(CSc2c(N)cccc2Cl)c(OC)cc1Br. The van der Waals surface area contributed by atoms with Gasteiger partial charge in [-0.05, 0) is 40.2 Å². The number of thioether (sulfide) groups is 1. The summed E-state index contributed by atoms with van der Waals surface area (Å²) in [6.45, 7) is 0. The van der Waals surface area contributed by atoms with Crippen molar-refractivity contribution >= 4 is 45.0 Å². The van der Waals surface area contributed by atoms with E-state index in [1.165, 1.54) is 0 Å². The molecule has 2 N–H and O–H groups in total. The van der Waals surface area contributed by atoms with Gasteiger partial charge in [-0.3, -0.25) is 0 Å². The molecule has 2 rings (SSSR count). The van der Waals surface area contributed by atoms with Crippen molar-refractivity contribution in [2.24, 2.45) is 0 Å². The predicted molar refractivity (Wildman–Crippen MR) is 92.7 cm³/mol. The quantitative estimate of drug-likeness (QED) is 0.578. The number of methoxy groups -OCH3 is 2. The molecular weight excluding hydrogens is 374 g/mol. The van der Waals surface area contributed by atoms with Crippen LogP contribution < -0.4 is 15.2 Å². The van der Waals surface area contributed by atoms with Gasteiger partial charge >= 0.3 is 0 Å². The molecule has 0 spiro atoms. The Morgan fingerprint density at radius 1 is 1.19 bits per heavy atom. The van der Waals surface area contributed by atoms with Crippen LogP contribution in [0.2, 0.25) is 5.02 Å². The van der Waals surface area contributed by atoms with Gasteiger partial charge in [0.1, 0.15) is 11.5 Å². The van der Waals surface area contributed by atoms with Gasteiger partial charge in [-0.25, -0.2) is 0 Å². The van der Waals surface area contributed by atoms with Gasteiger partial charge in [-0.1, -0.05) is 17.7 Å². The van der Waals surface area contributed by atoms with E-state index in [4.69, 9.17) is 26.8 Å². The molecule has 0 unspecified atom stereocenters. The van der Waals surface area contributed by atoms with Crippen LogP contribution in [0.4, 0.5) is 5.69 Å². The highest BCUT2D eigenvalue weighted by Gasteiger charge is 2.12. The molecule has 0 aliphatic rings. The van der Waals surface area contributed by atoms with Crippen molar-refractivity contribution in [2.45, 2.75) is 10.6 Å². The van der Waals surface area contributed by atoms with E-state index < -0.39 is 0 Å². The zero-order valence-electron chi connectivity index (χ0n) is 11.7. The minimum atomic E-state index is 0.656. The van der Waals surface area contributed by atoms with Gasteiger partial charge in [-0.2, -0.15) is 0 Å². The summed E-state index contributed by atoms with van der Waals surface area (Å²) in [7, 11) is 3.28. The van der Waals surface area contributed by atoms with E-state index in [2.05, 4.69) is 15.9 Å². The highest BCUT2D eigenvalue weighted by Crippen LogP contribution is 2.39. The van der Waals surface area contributed by atoms with Crippen LogP contribution >= 0.6 is 39.3 Å². The van der Waals surface area contributed by atoms with E-state index in [0.717, 1.165) is 26.4 Å². The Morgan fingerprint density at radius 3 is 2.52 bits per heavy atom. The van der Waals surface area contributed by atoms with Crippen molar-refractivity contribution < 1.29 is 9.47 Å². The molecule has 0 atom stereocenters. The van der Waals surface area contributed by atoms with Crippen LogP contribution in [0.3, 0.4) is 0 Å². The summed E-state index contributed by atoms with van der Waals surface area (Å²) in [4.78, 5) is 0.878. The summed E-state index contributed by atoms with van der Waals surface area (Å²) in [5.74, 6) is 2.24. The monoisotopic (exact) mass is 387 g/mol. The van der Waals surface area contributed by atoms with E-state index >= 15 is 0 Å². The molecule has 0 heterocycles. The Hall–Kier alpha value is -1.04. The lowest BCUT2D eigenvalue weighted by molar-refractivity contribution is 0.398. The lowest BCUT2D eigenvalue weighted by Crippen LogP contribution is -1.95. The highest BCUT2D eigenvalue weighted by molar-refractivity contribution is 9.10. The van der Waals surface area contributed by atoms with Crippen LogP contribution in [0, 0.1) is 0 Å². The van der Waals surface area contributed by atoms with E-state index in [1.54, 1.807) is 26.0 Å². The van der Waals surface area contributed by atoms with Gasteiger partial charge in [0.2, 0.25) is 0 Å². The molecule has 6 heteroatoms. The maximum Gasteiger partial charge on any atom is 0.133 e. The number of ether oxygens (including phenoxy) is 2. The number of rotatable bonds is 5. The molecule has 0 fully saturated rings. The molecule has 0 aliphatic carbocycles. The number of anilines is 1. The summed E-state index contributed by atoms with van der Waals surface area (Å²) in [5.41, 5.74) is 7.66. The second-order valence-electron chi connectivity index (χ2n) is 4.25. The molecule has 0 saturated carbocycles. The molecule has 2 aromatic rings. The predicted octanol–water partition coefficient (Wildman–Crippen LogP) is 4.99. The maximum absolute atomic E-state index is 6.19. The lowest BCUT2D eigenvalue weighted by atomic mass is 10.2. The first kappa shape index (κ1) is 16.3. The Kier molecular flexibility index (Phi) is 5.67. The van der Waals surface area contributed by atoms with Crippen LogP contribution in [-0.2, 0) is 5.75 Å². The molecule has 0 saturated heterocycles. The van der Waals surface area contributed by atoms with E-state index in [0.29, 0.717) is 16.5 Å². The normalized spacial score (nSPS) is 10.5. The average molecular weight is 389 g/mol. The third-order valence-corrected chi connectivity index (χ3v) is 5.17. The Bertz CT molecular complexity index is 632. The summed E-state index contributed by atoms with van der Waals surface area (Å²) in [6, 6.07) is 9.35. The number of nitrogens with two attached hydrogens (primary N) is 1. The molecule has 0 amide bonds. The maximum atomic E-state index is 6.19. The van der Waals surface area contributed by atoms with Crippen molar-refractivity contribution in [3.63, 3.8) is 0 Å². The smallest absolute Gasteiger partial charge is 0.133 e. The van der Waals surface area contributed by atoms with E-state index in [9.17, 15) is 0 Å². The van der Waals surface area contributed by atoms with Gasteiger partial charge in [0.15, 0.2) is 0 Å². The highest BCUT2D eigenvalue weighted by atomic mass is 79.9. The molecule has 112 valence electrons. The van der Waals surface area contributed by atoms with Gasteiger partial charge in [-0.15, -0.1) is 11.8 Å². The Balaban J connectivity index is 2.27. The Morgan fingerprint density at radius 2 is 1.90 bits per heavy atom. The minimum absolute atomic E-state index is 0.656. The van der Waals surface area contributed by atoms with Crippen molar-refractivity contribution in [3.8, 4) is 11.5 Å². The first-order valence-electron chi connectivity index (χ1n) is 6.14. The van der Waals surface area contributed by atoms with E-state index in [1.807, 2.05) is 30.3 Å². The fourth-order valence-electron chi connectivity index (χ4n) is 1.86. The first-order valence-corrected chi connectivity index (χ1v) is 8.29. The van der Waals surface area contributed by atoms with Crippen LogP contribution in [0.15, 0.2) is 39.7 Å². The molecule has 21 heavy (non-hydrogen) atoms. The minimum Gasteiger partial charge on any atom is -0.496 e. The number of hydrogen-bond donors (Lipinski definition) is 1. The van der Waals surface area contributed by atoms with Crippen molar-refractivity contribution in [3.05, 3.63) is 45.4 Å².